The fraction of sp³-hybridized carbons (Fsp3) is 0.810. The lowest BCUT2D eigenvalue weighted by atomic mass is 9.49. The van der Waals surface area contributed by atoms with Gasteiger partial charge < -0.3 is 9.80 Å². The quantitative estimate of drug-likeness (QED) is 0.717. The summed E-state index contributed by atoms with van der Waals surface area (Å²) in [6.45, 7) is 2.37. The van der Waals surface area contributed by atoms with Crippen LogP contribution in [0.15, 0.2) is 11.5 Å². The molecular formula is C21H30N2O4S. The van der Waals surface area contributed by atoms with Crippen molar-refractivity contribution in [3.8, 4) is 0 Å². The van der Waals surface area contributed by atoms with Crippen LogP contribution in [0.5, 0.6) is 0 Å². The number of rotatable bonds is 3. The van der Waals surface area contributed by atoms with Crippen LogP contribution in [-0.4, -0.2) is 62.0 Å². The van der Waals surface area contributed by atoms with Gasteiger partial charge in [-0.1, -0.05) is 6.08 Å². The molecule has 0 N–H and O–H groups in total. The molecule has 28 heavy (non-hydrogen) atoms. The summed E-state index contributed by atoms with van der Waals surface area (Å²) in [5.41, 5.74) is -0.107. The number of carbonyl (C=O) groups excluding carboxylic acids is 2. The second-order valence-electron chi connectivity index (χ2n) is 9.99. The number of hydrogen-bond acceptors (Lipinski definition) is 4. The highest BCUT2D eigenvalue weighted by molar-refractivity contribution is 7.94. The van der Waals surface area contributed by atoms with Crippen LogP contribution in [-0.2, 0) is 19.4 Å². The Hall–Kier alpha value is -1.37. The lowest BCUT2D eigenvalue weighted by Crippen LogP contribution is -2.58. The van der Waals surface area contributed by atoms with Gasteiger partial charge in [-0.05, 0) is 56.3 Å². The molecule has 154 valence electrons. The maximum absolute atomic E-state index is 13.4. The molecule has 6 rings (SSSR count). The van der Waals surface area contributed by atoms with Crippen LogP contribution in [0.1, 0.15) is 44.9 Å². The number of amides is 2. The molecule has 1 atom stereocenters. The van der Waals surface area contributed by atoms with Gasteiger partial charge in [-0.15, -0.1) is 0 Å². The minimum Gasteiger partial charge on any atom is -0.339 e. The molecule has 0 aromatic heterocycles. The van der Waals surface area contributed by atoms with Gasteiger partial charge in [-0.25, -0.2) is 8.42 Å². The van der Waals surface area contributed by atoms with E-state index in [9.17, 15) is 18.0 Å². The predicted octanol–water partition coefficient (Wildman–Crippen LogP) is 1.82. The second kappa shape index (κ2) is 6.57. The van der Waals surface area contributed by atoms with Gasteiger partial charge in [0.2, 0.25) is 11.8 Å². The molecular weight excluding hydrogens is 376 g/mol. The highest BCUT2D eigenvalue weighted by Crippen LogP contribution is 2.60. The maximum Gasteiger partial charge on any atom is 0.228 e. The summed E-state index contributed by atoms with van der Waals surface area (Å²) in [4.78, 5) is 29.8. The number of carbonyl (C=O) groups is 2. The molecule has 5 fully saturated rings. The molecule has 4 saturated carbocycles. The van der Waals surface area contributed by atoms with E-state index in [2.05, 4.69) is 0 Å². The van der Waals surface area contributed by atoms with E-state index < -0.39 is 9.84 Å². The molecule has 1 saturated heterocycles. The standard InChI is InChI=1S/C21H30N2O4S/c24-19(10-15-1-6-28(26,27)14-15)22-2-4-23(5-3-22)20(25)21-11-16-7-17(12-21)9-18(8-16)13-21/h1,6,15-18H,2-5,7-14H2. The van der Waals surface area contributed by atoms with Crippen LogP contribution in [0, 0.1) is 29.1 Å². The molecule has 2 aliphatic heterocycles. The number of sulfone groups is 1. The third kappa shape index (κ3) is 3.29. The number of allylic oxidation sites excluding steroid dienone is 1. The highest BCUT2D eigenvalue weighted by Gasteiger charge is 2.55. The Morgan fingerprint density at radius 3 is 1.93 bits per heavy atom. The fourth-order valence-corrected chi connectivity index (χ4v) is 8.39. The van der Waals surface area contributed by atoms with E-state index in [1.807, 2.05) is 9.80 Å². The molecule has 0 spiro atoms. The lowest BCUT2D eigenvalue weighted by molar-refractivity contribution is -0.160. The van der Waals surface area contributed by atoms with E-state index in [0.29, 0.717) is 32.1 Å². The average Bonchev–Trinajstić information content (AvgIpc) is 2.98. The number of piperazine rings is 1. The van der Waals surface area contributed by atoms with Crippen molar-refractivity contribution in [1.29, 1.82) is 0 Å². The maximum atomic E-state index is 13.4. The van der Waals surface area contributed by atoms with Crippen molar-refractivity contribution in [2.24, 2.45) is 29.1 Å². The molecule has 0 aromatic rings. The van der Waals surface area contributed by atoms with Gasteiger partial charge in [0.15, 0.2) is 9.84 Å². The van der Waals surface area contributed by atoms with Crippen LogP contribution < -0.4 is 0 Å². The van der Waals surface area contributed by atoms with E-state index >= 15 is 0 Å². The highest BCUT2D eigenvalue weighted by atomic mass is 32.2. The monoisotopic (exact) mass is 406 g/mol. The van der Waals surface area contributed by atoms with Gasteiger partial charge in [0, 0.05) is 43.9 Å². The molecule has 2 heterocycles. The molecule has 6 nitrogen and oxygen atoms in total. The Balaban J connectivity index is 1.17. The minimum absolute atomic E-state index is 0.00801. The van der Waals surface area contributed by atoms with E-state index in [1.54, 1.807) is 6.08 Å². The first-order chi connectivity index (χ1) is 13.3. The Bertz CT molecular complexity index is 775. The molecule has 4 aliphatic carbocycles. The minimum atomic E-state index is -3.12. The Morgan fingerprint density at radius 1 is 0.893 bits per heavy atom. The van der Waals surface area contributed by atoms with Gasteiger partial charge in [-0.2, -0.15) is 0 Å². The van der Waals surface area contributed by atoms with Crippen LogP contribution >= 0.6 is 0 Å². The fourth-order valence-electron chi connectivity index (χ4n) is 6.99. The van der Waals surface area contributed by atoms with Gasteiger partial charge in [-0.3, -0.25) is 9.59 Å². The topological polar surface area (TPSA) is 74.8 Å². The predicted molar refractivity (Wildman–Crippen MR) is 105 cm³/mol. The zero-order chi connectivity index (χ0) is 19.5. The van der Waals surface area contributed by atoms with Gasteiger partial charge >= 0.3 is 0 Å². The van der Waals surface area contributed by atoms with E-state index in [4.69, 9.17) is 0 Å². The van der Waals surface area contributed by atoms with Crippen molar-refractivity contribution in [1.82, 2.24) is 9.80 Å². The van der Waals surface area contributed by atoms with Crippen LogP contribution in [0.4, 0.5) is 0 Å². The lowest BCUT2D eigenvalue weighted by Gasteiger charge is -2.57. The molecule has 1 unspecified atom stereocenters. The first kappa shape index (κ1) is 18.6. The molecule has 0 radical (unpaired) electrons. The third-order valence-electron chi connectivity index (χ3n) is 7.85. The molecule has 2 amide bonds. The van der Waals surface area contributed by atoms with Crippen molar-refractivity contribution in [3.05, 3.63) is 11.5 Å². The first-order valence-corrected chi connectivity index (χ1v) is 12.5. The summed E-state index contributed by atoms with van der Waals surface area (Å²) >= 11 is 0. The molecule has 4 bridgehead atoms. The third-order valence-corrected chi connectivity index (χ3v) is 9.32. The summed E-state index contributed by atoms with van der Waals surface area (Å²) in [6.07, 6.45) is 9.14. The Kier molecular flexibility index (Phi) is 4.38. The summed E-state index contributed by atoms with van der Waals surface area (Å²) in [7, 11) is -3.12. The largest absolute Gasteiger partial charge is 0.339 e. The van der Waals surface area contributed by atoms with E-state index in [1.165, 1.54) is 24.7 Å². The van der Waals surface area contributed by atoms with Crippen molar-refractivity contribution in [2.75, 3.05) is 31.9 Å². The zero-order valence-corrected chi connectivity index (χ0v) is 17.2. The number of nitrogens with zero attached hydrogens (tertiary/aromatic N) is 2. The van der Waals surface area contributed by atoms with E-state index in [-0.39, 0.29) is 29.4 Å². The summed E-state index contributed by atoms with van der Waals surface area (Å²) in [6, 6.07) is 0. The Labute approximate surface area is 167 Å². The van der Waals surface area contributed by atoms with Crippen molar-refractivity contribution < 1.29 is 18.0 Å². The SMILES string of the molecule is O=C(CC1C=CS(=O)(=O)C1)N1CCN(C(=O)C23CC4CC(CC(C4)C2)C3)CC1. The summed E-state index contributed by atoms with van der Waals surface area (Å²) in [5, 5.41) is 1.23. The van der Waals surface area contributed by atoms with Gasteiger partial charge in [0.25, 0.3) is 0 Å². The normalized spacial score (nSPS) is 40.9. The zero-order valence-electron chi connectivity index (χ0n) is 16.4. The van der Waals surface area contributed by atoms with Crippen LogP contribution in [0.2, 0.25) is 0 Å². The molecule has 7 heteroatoms. The number of hydrogen-bond donors (Lipinski definition) is 0. The molecule has 0 aromatic carbocycles. The van der Waals surface area contributed by atoms with Gasteiger partial charge in [0.05, 0.1) is 11.2 Å². The van der Waals surface area contributed by atoms with Crippen LogP contribution in [0.25, 0.3) is 0 Å². The van der Waals surface area contributed by atoms with Crippen LogP contribution in [0.3, 0.4) is 0 Å². The first-order valence-electron chi connectivity index (χ1n) is 10.8. The Morgan fingerprint density at radius 2 is 1.43 bits per heavy atom. The average molecular weight is 407 g/mol. The summed E-state index contributed by atoms with van der Waals surface area (Å²) < 4.78 is 23.0. The smallest absolute Gasteiger partial charge is 0.228 e. The van der Waals surface area contributed by atoms with Crippen molar-refractivity contribution in [2.45, 2.75) is 44.9 Å². The summed E-state index contributed by atoms with van der Waals surface area (Å²) in [5.74, 6) is 2.47. The van der Waals surface area contributed by atoms with E-state index in [0.717, 1.165) is 37.0 Å². The van der Waals surface area contributed by atoms with Crippen molar-refractivity contribution in [3.63, 3.8) is 0 Å². The van der Waals surface area contributed by atoms with Crippen molar-refractivity contribution >= 4 is 21.7 Å². The van der Waals surface area contributed by atoms with Gasteiger partial charge in [0.1, 0.15) is 0 Å². The second-order valence-corrected chi connectivity index (χ2v) is 11.9. The molecule has 6 aliphatic rings.